The van der Waals surface area contributed by atoms with Gasteiger partial charge < -0.3 is 16.0 Å². The molecule has 3 heterocycles. The number of nitrogens with one attached hydrogen (secondary N) is 1. The molecule has 3 rings (SSSR count). The van der Waals surface area contributed by atoms with Crippen molar-refractivity contribution in [1.29, 1.82) is 0 Å². The standard InChI is InChI=1S/C13H20N8/c1-9-7-20(2)5-3-10(9)16-12-17-11(14)18-13(19-12)21-6-4-15-8-21/h4,6,8-10H,3,5,7H2,1-2H3,(H3,14,16,17,18,19). The predicted octanol–water partition coefficient (Wildman–Crippen LogP) is 0.392. The minimum Gasteiger partial charge on any atom is -0.368 e. The van der Waals surface area contributed by atoms with Crippen LogP contribution in [0.3, 0.4) is 0 Å². The van der Waals surface area contributed by atoms with Gasteiger partial charge in [0.15, 0.2) is 0 Å². The lowest BCUT2D eigenvalue weighted by Crippen LogP contribution is -2.43. The molecule has 2 aromatic heterocycles. The second-order valence-electron chi connectivity index (χ2n) is 5.57. The fourth-order valence-corrected chi connectivity index (χ4v) is 2.67. The Bertz CT molecular complexity index is 596. The summed E-state index contributed by atoms with van der Waals surface area (Å²) < 4.78 is 1.71. The van der Waals surface area contributed by atoms with Crippen molar-refractivity contribution in [2.45, 2.75) is 19.4 Å². The molecule has 0 saturated carbocycles. The average molecular weight is 288 g/mol. The lowest BCUT2D eigenvalue weighted by atomic mass is 9.94. The van der Waals surface area contributed by atoms with E-state index in [4.69, 9.17) is 5.73 Å². The highest BCUT2D eigenvalue weighted by atomic mass is 15.3. The maximum atomic E-state index is 5.78. The Morgan fingerprint density at radius 2 is 2.19 bits per heavy atom. The first-order valence-corrected chi connectivity index (χ1v) is 7.07. The Kier molecular flexibility index (Phi) is 3.70. The SMILES string of the molecule is CC1CN(C)CCC1Nc1nc(N)nc(-n2ccnc2)n1. The molecular formula is C13H20N8. The highest BCUT2D eigenvalue weighted by Gasteiger charge is 2.25. The van der Waals surface area contributed by atoms with Gasteiger partial charge in [0.1, 0.15) is 6.33 Å². The Morgan fingerprint density at radius 3 is 2.90 bits per heavy atom. The topological polar surface area (TPSA) is 97.8 Å². The third-order valence-corrected chi connectivity index (χ3v) is 3.80. The number of nitrogen functional groups attached to an aromatic ring is 1. The molecule has 0 spiro atoms. The molecule has 2 unspecified atom stereocenters. The van der Waals surface area contributed by atoms with Crippen molar-refractivity contribution in [1.82, 2.24) is 29.4 Å². The van der Waals surface area contributed by atoms with Crippen molar-refractivity contribution < 1.29 is 0 Å². The molecule has 8 nitrogen and oxygen atoms in total. The van der Waals surface area contributed by atoms with E-state index in [0.29, 0.717) is 23.9 Å². The summed E-state index contributed by atoms with van der Waals surface area (Å²) in [5, 5.41) is 3.39. The fraction of sp³-hybridized carbons (Fsp3) is 0.538. The summed E-state index contributed by atoms with van der Waals surface area (Å²) in [5.41, 5.74) is 5.78. The average Bonchev–Trinajstić information content (AvgIpc) is 2.95. The fourth-order valence-electron chi connectivity index (χ4n) is 2.67. The highest BCUT2D eigenvalue weighted by Crippen LogP contribution is 2.19. The van der Waals surface area contributed by atoms with Crippen LogP contribution in [0, 0.1) is 5.92 Å². The Hall–Kier alpha value is -2.22. The number of nitrogens with two attached hydrogens (primary N) is 1. The number of likely N-dealkylation sites (tertiary alicyclic amines) is 1. The van der Waals surface area contributed by atoms with Gasteiger partial charge in [-0.2, -0.15) is 15.0 Å². The van der Waals surface area contributed by atoms with Crippen molar-refractivity contribution in [2.75, 3.05) is 31.2 Å². The summed E-state index contributed by atoms with van der Waals surface area (Å²) in [6, 6.07) is 0.346. The summed E-state index contributed by atoms with van der Waals surface area (Å²) in [7, 11) is 2.14. The number of rotatable bonds is 3. The second kappa shape index (κ2) is 5.65. The van der Waals surface area contributed by atoms with Crippen molar-refractivity contribution in [3.63, 3.8) is 0 Å². The number of aromatic nitrogens is 5. The van der Waals surface area contributed by atoms with Crippen LogP contribution in [0.2, 0.25) is 0 Å². The van der Waals surface area contributed by atoms with Crippen LogP contribution in [0.1, 0.15) is 13.3 Å². The molecule has 2 atom stereocenters. The smallest absolute Gasteiger partial charge is 0.241 e. The van der Waals surface area contributed by atoms with Gasteiger partial charge in [-0.1, -0.05) is 6.92 Å². The van der Waals surface area contributed by atoms with Gasteiger partial charge in [-0.3, -0.25) is 4.57 Å². The summed E-state index contributed by atoms with van der Waals surface area (Å²) in [5.74, 6) is 1.73. The molecule has 0 aliphatic carbocycles. The molecule has 112 valence electrons. The van der Waals surface area contributed by atoms with E-state index in [-0.39, 0.29) is 5.95 Å². The largest absolute Gasteiger partial charge is 0.368 e. The quantitative estimate of drug-likeness (QED) is 0.843. The lowest BCUT2D eigenvalue weighted by Gasteiger charge is -2.35. The molecule has 1 aliphatic heterocycles. The minimum atomic E-state index is 0.205. The molecule has 8 heteroatoms. The molecule has 2 aromatic rings. The Balaban J connectivity index is 1.79. The second-order valence-corrected chi connectivity index (χ2v) is 5.57. The molecule has 0 aromatic carbocycles. The van der Waals surface area contributed by atoms with Crippen molar-refractivity contribution in [3.05, 3.63) is 18.7 Å². The lowest BCUT2D eigenvalue weighted by molar-refractivity contribution is 0.206. The maximum Gasteiger partial charge on any atom is 0.241 e. The van der Waals surface area contributed by atoms with Crippen LogP contribution < -0.4 is 11.1 Å². The summed E-state index contributed by atoms with van der Waals surface area (Å²) in [4.78, 5) is 19.1. The summed E-state index contributed by atoms with van der Waals surface area (Å²) in [6.45, 7) is 4.36. The number of hydrogen-bond acceptors (Lipinski definition) is 7. The summed E-state index contributed by atoms with van der Waals surface area (Å²) >= 11 is 0. The zero-order valence-electron chi connectivity index (χ0n) is 12.3. The molecule has 0 bridgehead atoms. The van der Waals surface area contributed by atoms with E-state index in [1.54, 1.807) is 23.3 Å². The van der Waals surface area contributed by atoms with Crippen molar-refractivity contribution >= 4 is 11.9 Å². The third kappa shape index (κ3) is 3.10. The van der Waals surface area contributed by atoms with E-state index < -0.39 is 0 Å². The Morgan fingerprint density at radius 1 is 1.33 bits per heavy atom. The monoisotopic (exact) mass is 288 g/mol. The van der Waals surface area contributed by atoms with E-state index in [2.05, 4.69) is 44.1 Å². The molecule has 0 amide bonds. The van der Waals surface area contributed by atoms with Crippen LogP contribution >= 0.6 is 0 Å². The first kappa shape index (κ1) is 13.7. The van der Waals surface area contributed by atoms with E-state index >= 15 is 0 Å². The molecule has 3 N–H and O–H groups in total. The minimum absolute atomic E-state index is 0.205. The maximum absolute atomic E-state index is 5.78. The van der Waals surface area contributed by atoms with Crippen LogP contribution in [-0.4, -0.2) is 55.6 Å². The molecule has 1 aliphatic rings. The number of imidazole rings is 1. The number of anilines is 2. The van der Waals surface area contributed by atoms with Crippen LogP contribution in [0.4, 0.5) is 11.9 Å². The van der Waals surface area contributed by atoms with Crippen molar-refractivity contribution in [3.8, 4) is 5.95 Å². The van der Waals surface area contributed by atoms with E-state index in [1.165, 1.54) is 0 Å². The van der Waals surface area contributed by atoms with Gasteiger partial charge in [0.25, 0.3) is 0 Å². The number of nitrogens with zero attached hydrogens (tertiary/aromatic N) is 6. The number of hydrogen-bond donors (Lipinski definition) is 2. The van der Waals surface area contributed by atoms with Gasteiger partial charge in [0.05, 0.1) is 0 Å². The zero-order chi connectivity index (χ0) is 14.8. The molecule has 21 heavy (non-hydrogen) atoms. The molecular weight excluding hydrogens is 268 g/mol. The Labute approximate surface area is 123 Å². The van der Waals surface area contributed by atoms with E-state index in [9.17, 15) is 0 Å². The van der Waals surface area contributed by atoms with Crippen LogP contribution in [0.15, 0.2) is 18.7 Å². The summed E-state index contributed by atoms with van der Waals surface area (Å²) in [6.07, 6.45) is 6.14. The van der Waals surface area contributed by atoms with Crippen molar-refractivity contribution in [2.24, 2.45) is 5.92 Å². The normalized spacial score (nSPS) is 23.1. The van der Waals surface area contributed by atoms with Crippen LogP contribution in [-0.2, 0) is 0 Å². The first-order valence-electron chi connectivity index (χ1n) is 7.07. The van der Waals surface area contributed by atoms with E-state index in [1.807, 2.05) is 0 Å². The third-order valence-electron chi connectivity index (χ3n) is 3.80. The molecule has 0 radical (unpaired) electrons. The van der Waals surface area contributed by atoms with Crippen LogP contribution in [0.5, 0.6) is 0 Å². The first-order chi connectivity index (χ1) is 10.1. The highest BCUT2D eigenvalue weighted by molar-refractivity contribution is 5.36. The van der Waals surface area contributed by atoms with Gasteiger partial charge in [0, 0.05) is 25.0 Å². The zero-order valence-corrected chi connectivity index (χ0v) is 12.3. The van der Waals surface area contributed by atoms with Gasteiger partial charge in [-0.15, -0.1) is 0 Å². The van der Waals surface area contributed by atoms with E-state index in [0.717, 1.165) is 19.5 Å². The molecule has 1 fully saturated rings. The molecule has 1 saturated heterocycles. The number of piperidine rings is 1. The van der Waals surface area contributed by atoms with Gasteiger partial charge in [0.2, 0.25) is 17.8 Å². The van der Waals surface area contributed by atoms with Crippen LogP contribution in [0.25, 0.3) is 5.95 Å². The van der Waals surface area contributed by atoms with Gasteiger partial charge in [-0.05, 0) is 25.9 Å². The van der Waals surface area contributed by atoms with Gasteiger partial charge >= 0.3 is 0 Å². The van der Waals surface area contributed by atoms with Gasteiger partial charge in [-0.25, -0.2) is 4.98 Å². The predicted molar refractivity (Wildman–Crippen MR) is 80.1 cm³/mol.